The predicted octanol–water partition coefficient (Wildman–Crippen LogP) is 0.823. The normalized spacial score (nSPS) is 24.6. The van der Waals surface area contributed by atoms with Crippen LogP contribution in [-0.2, 0) is 15.1 Å². The van der Waals surface area contributed by atoms with Gasteiger partial charge in [-0.05, 0) is 52.3 Å². The molecular weight excluding hydrogens is 383 g/mol. The summed E-state index contributed by atoms with van der Waals surface area (Å²) in [5.74, 6) is -0.953. The Labute approximate surface area is 191 Å². The zero-order chi connectivity index (χ0) is 21.2. The van der Waals surface area contributed by atoms with Gasteiger partial charge in [-0.2, -0.15) is 0 Å². The van der Waals surface area contributed by atoms with Gasteiger partial charge in [0.15, 0.2) is 0 Å². The molecule has 2 aromatic rings. The molecule has 0 spiro atoms. The first-order valence-corrected chi connectivity index (χ1v) is 13.1. The number of benzene rings is 2. The van der Waals surface area contributed by atoms with Crippen LogP contribution in [0, 0.1) is 5.92 Å². The molecule has 0 bridgehead atoms. The van der Waals surface area contributed by atoms with Gasteiger partial charge in [-0.15, -0.1) is 0 Å². The fraction of sp³-hybridized carbons (Fsp3) is 0.320. The van der Waals surface area contributed by atoms with Gasteiger partial charge in [0.05, 0.1) is 16.2 Å². The molecule has 150 valence electrons. The van der Waals surface area contributed by atoms with Crippen molar-refractivity contribution in [1.82, 2.24) is 0 Å². The Morgan fingerprint density at radius 1 is 0.967 bits per heavy atom. The molecule has 0 saturated carbocycles. The van der Waals surface area contributed by atoms with E-state index in [-0.39, 0.29) is 24.8 Å². The van der Waals surface area contributed by atoms with Crippen molar-refractivity contribution >= 4 is 25.2 Å². The Kier molecular flexibility index (Phi) is 5.63. The number of carboxylic acids is 1. The zero-order valence-electron chi connectivity index (χ0n) is 18.6. The van der Waals surface area contributed by atoms with Crippen molar-refractivity contribution in [3.63, 3.8) is 0 Å². The van der Waals surface area contributed by atoms with Crippen LogP contribution < -0.4 is 24.0 Å². The monoisotopic (exact) mass is 410 g/mol. The molecule has 30 heavy (non-hydrogen) atoms. The van der Waals surface area contributed by atoms with Gasteiger partial charge < -0.3 is 15.0 Å². The van der Waals surface area contributed by atoms with Gasteiger partial charge >= 0.3 is 18.9 Å². The molecule has 0 heterocycles. The molecule has 2 atom stereocenters. The third kappa shape index (κ3) is 2.71. The molecule has 1 N–H and O–H groups in total. The van der Waals surface area contributed by atoms with Crippen LogP contribution >= 0.6 is 0 Å². The summed E-state index contributed by atoms with van der Waals surface area (Å²) in [5.41, 5.74) is 5.51. The van der Waals surface area contributed by atoms with Crippen LogP contribution in [-0.4, -0.2) is 19.1 Å². The van der Waals surface area contributed by atoms with Crippen molar-refractivity contribution in [2.75, 3.05) is 0 Å². The van der Waals surface area contributed by atoms with E-state index < -0.39 is 24.3 Å². The smallest absolute Gasteiger partial charge is 0.549 e. The van der Waals surface area contributed by atoms with Crippen LogP contribution in [0.4, 0.5) is 0 Å². The summed E-state index contributed by atoms with van der Waals surface area (Å²) >= 11 is 0. The molecule has 4 rings (SSSR count). The van der Waals surface area contributed by atoms with E-state index in [2.05, 4.69) is 13.8 Å². The Hall–Kier alpha value is -1.84. The van der Waals surface area contributed by atoms with Crippen LogP contribution in [0.2, 0.25) is 13.1 Å². The minimum Gasteiger partial charge on any atom is -0.549 e. The van der Waals surface area contributed by atoms with E-state index in [1.54, 1.807) is 0 Å². The molecule has 0 fully saturated rings. The molecule has 2 aliphatic carbocycles. The maximum absolute atomic E-state index is 12.9. The summed E-state index contributed by atoms with van der Waals surface area (Å²) < 4.78 is 0. The second-order valence-electron chi connectivity index (χ2n) is 9.16. The maximum atomic E-state index is 12.9. The molecular formula is C25H27LiO3Si. The summed E-state index contributed by atoms with van der Waals surface area (Å²) in [4.78, 5) is 12.9. The average Bonchev–Trinajstić information content (AvgIpc) is 3.17. The topological polar surface area (TPSA) is 60.4 Å². The number of aliphatic carboxylic acids is 1. The van der Waals surface area contributed by atoms with Crippen LogP contribution in [0.3, 0.4) is 0 Å². The number of allylic oxidation sites excluding steroid dienone is 2. The Bertz CT molecular complexity index is 1090. The first-order chi connectivity index (χ1) is 13.6. The number of rotatable bonds is 4. The van der Waals surface area contributed by atoms with E-state index in [1.807, 2.05) is 80.7 Å². The second-order valence-corrected chi connectivity index (χ2v) is 14.0. The Morgan fingerprint density at radius 3 is 2.07 bits per heavy atom. The van der Waals surface area contributed by atoms with Crippen molar-refractivity contribution in [3.8, 4) is 0 Å². The second kappa shape index (κ2) is 7.39. The number of hydrogen-bond donors (Lipinski definition) is 1. The fourth-order valence-corrected chi connectivity index (χ4v) is 9.32. The van der Waals surface area contributed by atoms with Crippen molar-refractivity contribution < 1.29 is 33.9 Å². The maximum Gasteiger partial charge on any atom is 1.00 e. The quantitative estimate of drug-likeness (QED) is 0.760. The minimum atomic E-state index is -3.07. The van der Waals surface area contributed by atoms with Crippen LogP contribution in [0.1, 0.15) is 43.0 Å². The fourth-order valence-electron chi connectivity index (χ4n) is 5.33. The largest absolute Gasteiger partial charge is 1.00 e. The summed E-state index contributed by atoms with van der Waals surface area (Å²) in [7, 11) is -3.07. The van der Waals surface area contributed by atoms with Crippen molar-refractivity contribution in [1.29, 1.82) is 0 Å². The molecule has 0 aromatic heterocycles. The van der Waals surface area contributed by atoms with E-state index in [4.69, 9.17) is 0 Å². The Morgan fingerprint density at radius 2 is 1.50 bits per heavy atom. The number of carbonyl (C=O) groups excluding carboxylic acids is 1. The number of fused-ring (bicyclic) bond motifs is 2. The van der Waals surface area contributed by atoms with Gasteiger partial charge in [0.25, 0.3) is 0 Å². The molecule has 5 heteroatoms. The van der Waals surface area contributed by atoms with Crippen molar-refractivity contribution in [2.24, 2.45) is 5.92 Å². The van der Waals surface area contributed by atoms with E-state index in [0.717, 1.165) is 33.4 Å². The van der Waals surface area contributed by atoms with Gasteiger partial charge in [0, 0.05) is 0 Å². The standard InChI is InChI=1S/C25H28O3Si.Li/c1-16(2)20-15-24(23(26)27,21-12-8-7-11-19(20)21)29(4,5)25(28)14-17(3)18-10-6-9-13-22(18)25;/h6-16,28H,1-5H3,(H,26,27);/q;+1/p-1. The predicted molar refractivity (Wildman–Crippen MR) is 117 cm³/mol. The van der Waals surface area contributed by atoms with E-state index in [0.29, 0.717) is 0 Å². The number of carboxylic acid groups (broad SMARTS) is 1. The molecule has 2 aromatic carbocycles. The number of hydrogen-bond acceptors (Lipinski definition) is 3. The third-order valence-electron chi connectivity index (χ3n) is 7.11. The molecule has 3 nitrogen and oxygen atoms in total. The molecule has 2 aliphatic rings. The third-order valence-corrected chi connectivity index (χ3v) is 12.0. The Balaban J connectivity index is 0.00000256. The average molecular weight is 411 g/mol. The van der Waals surface area contributed by atoms with E-state index in [9.17, 15) is 15.0 Å². The zero-order valence-corrected chi connectivity index (χ0v) is 19.6. The van der Waals surface area contributed by atoms with E-state index >= 15 is 0 Å². The summed E-state index contributed by atoms with van der Waals surface area (Å²) in [5, 5.41) is 22.4. The summed E-state index contributed by atoms with van der Waals surface area (Å²) in [6, 6.07) is 15.5. The molecule has 0 saturated heterocycles. The van der Waals surface area contributed by atoms with Crippen LogP contribution in [0.25, 0.3) is 11.1 Å². The molecule has 2 unspecified atom stereocenters. The molecule has 0 amide bonds. The first kappa shape index (κ1) is 22.8. The first-order valence-electron chi connectivity index (χ1n) is 10.1. The molecule has 0 aliphatic heterocycles. The van der Waals surface area contributed by atoms with Gasteiger partial charge in [-0.25, -0.2) is 0 Å². The van der Waals surface area contributed by atoms with Crippen LogP contribution in [0.5, 0.6) is 0 Å². The summed E-state index contributed by atoms with van der Waals surface area (Å²) in [6.45, 7) is 10.1. The summed E-state index contributed by atoms with van der Waals surface area (Å²) in [6.07, 6.45) is 3.77. The van der Waals surface area contributed by atoms with Gasteiger partial charge in [0.1, 0.15) is 8.07 Å². The molecule has 0 radical (unpaired) electrons. The van der Waals surface area contributed by atoms with Crippen molar-refractivity contribution in [2.45, 2.75) is 44.1 Å². The number of aliphatic hydroxyl groups is 1. The van der Waals surface area contributed by atoms with Gasteiger partial charge in [0.2, 0.25) is 0 Å². The van der Waals surface area contributed by atoms with Gasteiger partial charge in [-0.1, -0.05) is 81.5 Å². The minimum absolute atomic E-state index is 0. The van der Waals surface area contributed by atoms with E-state index in [1.165, 1.54) is 0 Å². The SMILES string of the molecule is CC1=CC(O)([Si](C)(C)C2(C(=O)[O-])C=C(C(C)C)c3ccccc32)c2ccccc21.[Li+]. The van der Waals surface area contributed by atoms with Gasteiger partial charge in [-0.3, -0.25) is 0 Å². The number of carbonyl (C=O) groups is 1. The van der Waals surface area contributed by atoms with Crippen molar-refractivity contribution in [3.05, 3.63) is 82.9 Å². The van der Waals surface area contributed by atoms with Crippen LogP contribution in [0.15, 0.2) is 60.7 Å².